The van der Waals surface area contributed by atoms with Gasteiger partial charge >= 0.3 is 0 Å². The van der Waals surface area contributed by atoms with Gasteiger partial charge < -0.3 is 14.4 Å². The number of carbonyl (C=O) groups is 1. The highest BCUT2D eigenvalue weighted by molar-refractivity contribution is 7.89. The number of sulfonamides is 1. The molecule has 1 fully saturated rings. The maximum Gasteiger partial charge on any atom is 0.260 e. The van der Waals surface area contributed by atoms with Crippen molar-refractivity contribution in [3.05, 3.63) is 41.0 Å². The number of carbonyl (C=O) groups excluding carboxylic acids is 1. The molecule has 1 aliphatic rings. The van der Waals surface area contributed by atoms with Gasteiger partial charge in [0.05, 0.1) is 17.2 Å². The Morgan fingerprint density at radius 3 is 2.59 bits per heavy atom. The van der Waals surface area contributed by atoms with Crippen molar-refractivity contribution in [3.8, 4) is 11.5 Å². The molecule has 1 saturated heterocycles. The van der Waals surface area contributed by atoms with Crippen molar-refractivity contribution in [2.24, 2.45) is 5.92 Å². The third-order valence-electron chi connectivity index (χ3n) is 6.03. The lowest BCUT2D eigenvalue weighted by molar-refractivity contribution is -0.120. The maximum absolute atomic E-state index is 13.3. The predicted molar refractivity (Wildman–Crippen MR) is 125 cm³/mol. The molecular weight excluding hydrogens is 458 g/mol. The van der Waals surface area contributed by atoms with Gasteiger partial charge in [-0.1, -0.05) is 36.3 Å². The van der Waals surface area contributed by atoms with Gasteiger partial charge in [0.25, 0.3) is 5.89 Å². The summed E-state index contributed by atoms with van der Waals surface area (Å²) in [5.74, 6) is 0.500. The summed E-state index contributed by atoms with van der Waals surface area (Å²) in [7, 11) is -3.82. The zero-order valence-corrected chi connectivity index (χ0v) is 20.8. The lowest BCUT2D eigenvalue weighted by atomic mass is 9.98. The van der Waals surface area contributed by atoms with Crippen LogP contribution in [-0.4, -0.2) is 47.0 Å². The first kappa shape index (κ1) is 24.1. The van der Waals surface area contributed by atoms with Crippen LogP contribution in [0.3, 0.4) is 0 Å². The Morgan fingerprint density at radius 2 is 1.94 bits per heavy atom. The summed E-state index contributed by atoms with van der Waals surface area (Å²) in [4.78, 5) is 17.8. The average molecular weight is 488 g/mol. The third-order valence-corrected chi connectivity index (χ3v) is 8.14. The number of aryl methyl sites for hydroxylation is 3. The first-order valence-electron chi connectivity index (χ1n) is 11.3. The van der Waals surface area contributed by atoms with E-state index >= 15 is 0 Å². The summed E-state index contributed by atoms with van der Waals surface area (Å²) in [5.41, 5.74) is 2.36. The standard InChI is InChI=1S/C23H29N5O5S/c1-13(2)21-25-23(33-27-21)18-10-6-8-14(3)19(18)24-22(29)17-9-7-11-28(12-17)34(30,31)20-15(4)26-32-16(20)5/h6,8,10,13,17H,7,9,11-12H2,1-5H3,(H,24,29). The first-order valence-corrected chi connectivity index (χ1v) is 12.7. The van der Waals surface area contributed by atoms with Crippen LogP contribution < -0.4 is 5.32 Å². The van der Waals surface area contributed by atoms with E-state index in [0.717, 1.165) is 5.56 Å². The molecule has 1 amide bonds. The molecule has 11 heteroatoms. The second-order valence-corrected chi connectivity index (χ2v) is 10.8. The van der Waals surface area contributed by atoms with Crippen molar-refractivity contribution in [2.75, 3.05) is 18.4 Å². The minimum atomic E-state index is -3.82. The normalized spacial score (nSPS) is 17.3. The lowest BCUT2D eigenvalue weighted by Gasteiger charge is -2.31. The third kappa shape index (κ3) is 4.49. The molecule has 0 saturated carbocycles. The fourth-order valence-corrected chi connectivity index (χ4v) is 5.98. The monoisotopic (exact) mass is 487 g/mol. The molecule has 0 bridgehead atoms. The van der Waals surface area contributed by atoms with Crippen LogP contribution in [0, 0.1) is 26.7 Å². The second kappa shape index (κ2) is 9.30. The molecule has 10 nitrogen and oxygen atoms in total. The van der Waals surface area contributed by atoms with Crippen LogP contribution in [0.1, 0.15) is 55.4 Å². The summed E-state index contributed by atoms with van der Waals surface area (Å²) in [6, 6.07) is 5.56. The number of para-hydroxylation sites is 1. The number of anilines is 1. The lowest BCUT2D eigenvalue weighted by Crippen LogP contribution is -2.44. The Balaban J connectivity index is 1.57. The van der Waals surface area contributed by atoms with Crippen molar-refractivity contribution >= 4 is 21.6 Å². The molecule has 1 atom stereocenters. The molecule has 2 aromatic heterocycles. The van der Waals surface area contributed by atoms with Crippen LogP contribution in [-0.2, 0) is 14.8 Å². The van der Waals surface area contributed by atoms with Crippen LogP contribution in [0.15, 0.2) is 32.1 Å². The van der Waals surface area contributed by atoms with Gasteiger partial charge in [-0.2, -0.15) is 9.29 Å². The molecule has 3 heterocycles. The van der Waals surface area contributed by atoms with Crippen molar-refractivity contribution in [1.29, 1.82) is 0 Å². The quantitative estimate of drug-likeness (QED) is 0.555. The van der Waals surface area contributed by atoms with Crippen molar-refractivity contribution in [3.63, 3.8) is 0 Å². The Labute approximate surface area is 198 Å². The van der Waals surface area contributed by atoms with Crippen LogP contribution in [0.2, 0.25) is 0 Å². The fraction of sp³-hybridized carbons (Fsp3) is 0.478. The first-order chi connectivity index (χ1) is 16.1. The summed E-state index contributed by atoms with van der Waals surface area (Å²) >= 11 is 0. The highest BCUT2D eigenvalue weighted by atomic mass is 32.2. The van der Waals surface area contributed by atoms with E-state index < -0.39 is 15.9 Å². The number of amides is 1. The van der Waals surface area contributed by atoms with E-state index in [-0.39, 0.29) is 29.0 Å². The van der Waals surface area contributed by atoms with Crippen LogP contribution in [0.25, 0.3) is 11.5 Å². The SMILES string of the molecule is Cc1cccc(-c2nc(C(C)C)no2)c1NC(=O)C1CCCN(S(=O)(=O)c2c(C)noc2C)C1. The van der Waals surface area contributed by atoms with E-state index in [1.165, 1.54) is 4.31 Å². The Morgan fingerprint density at radius 1 is 1.18 bits per heavy atom. The van der Waals surface area contributed by atoms with Crippen LogP contribution in [0.4, 0.5) is 5.69 Å². The molecule has 0 aliphatic carbocycles. The summed E-state index contributed by atoms with van der Waals surface area (Å²) in [5, 5.41) is 10.8. The van der Waals surface area contributed by atoms with Gasteiger partial charge in [0.1, 0.15) is 10.6 Å². The molecule has 34 heavy (non-hydrogen) atoms. The number of rotatable bonds is 6. The second-order valence-electron chi connectivity index (χ2n) is 8.95. The summed E-state index contributed by atoms with van der Waals surface area (Å²) in [6.45, 7) is 9.41. The van der Waals surface area contributed by atoms with E-state index in [1.54, 1.807) is 13.8 Å². The number of hydrogen-bond acceptors (Lipinski definition) is 8. The van der Waals surface area contributed by atoms with Crippen molar-refractivity contribution in [2.45, 2.75) is 58.3 Å². The molecule has 0 radical (unpaired) electrons. The van der Waals surface area contributed by atoms with Gasteiger partial charge in [0.15, 0.2) is 11.6 Å². The maximum atomic E-state index is 13.3. The minimum Gasteiger partial charge on any atom is -0.360 e. The van der Waals surface area contributed by atoms with Gasteiger partial charge in [-0.25, -0.2) is 8.42 Å². The van der Waals surface area contributed by atoms with Crippen LogP contribution >= 0.6 is 0 Å². The summed E-state index contributed by atoms with van der Waals surface area (Å²) < 4.78 is 38.3. The predicted octanol–water partition coefficient (Wildman–Crippen LogP) is 3.81. The highest BCUT2D eigenvalue weighted by Crippen LogP contribution is 2.32. The molecule has 1 N–H and O–H groups in total. The summed E-state index contributed by atoms with van der Waals surface area (Å²) in [6.07, 6.45) is 1.15. The number of nitrogens with zero attached hydrogens (tertiary/aromatic N) is 4. The molecule has 182 valence electrons. The van der Waals surface area contributed by atoms with E-state index in [2.05, 4.69) is 20.6 Å². The average Bonchev–Trinajstić information content (AvgIpc) is 3.42. The largest absolute Gasteiger partial charge is 0.360 e. The molecule has 4 rings (SSSR count). The number of aromatic nitrogens is 3. The van der Waals surface area contributed by atoms with Gasteiger partial charge in [0.2, 0.25) is 15.9 Å². The zero-order chi connectivity index (χ0) is 24.6. The van der Waals surface area contributed by atoms with Crippen molar-refractivity contribution < 1.29 is 22.3 Å². The van der Waals surface area contributed by atoms with Crippen LogP contribution in [0.5, 0.6) is 0 Å². The van der Waals surface area contributed by atoms with E-state index in [9.17, 15) is 13.2 Å². The van der Waals surface area contributed by atoms with Gasteiger partial charge in [0, 0.05) is 19.0 Å². The highest BCUT2D eigenvalue weighted by Gasteiger charge is 2.36. The van der Waals surface area contributed by atoms with E-state index in [4.69, 9.17) is 9.05 Å². The molecule has 1 aromatic carbocycles. The molecule has 3 aromatic rings. The van der Waals surface area contributed by atoms with Gasteiger partial charge in [-0.05, 0) is 45.2 Å². The molecular formula is C23H29N5O5S. The van der Waals surface area contributed by atoms with Crippen molar-refractivity contribution in [1.82, 2.24) is 19.6 Å². The molecule has 1 aliphatic heterocycles. The Bertz CT molecular complexity index is 1290. The molecule has 0 spiro atoms. The Hall–Kier alpha value is -3.05. The molecule has 1 unspecified atom stereocenters. The minimum absolute atomic E-state index is 0.0760. The topological polar surface area (TPSA) is 131 Å². The van der Waals surface area contributed by atoms with Gasteiger partial charge in [-0.3, -0.25) is 4.79 Å². The van der Waals surface area contributed by atoms with E-state index in [1.807, 2.05) is 39.0 Å². The van der Waals surface area contributed by atoms with Gasteiger partial charge in [-0.15, -0.1) is 0 Å². The Kier molecular flexibility index (Phi) is 6.59. The van der Waals surface area contributed by atoms with E-state index in [0.29, 0.717) is 48.0 Å². The number of piperidine rings is 1. The number of nitrogens with one attached hydrogen (secondary N) is 1. The fourth-order valence-electron chi connectivity index (χ4n) is 4.16. The zero-order valence-electron chi connectivity index (χ0n) is 20.0. The number of benzene rings is 1. The number of hydrogen-bond donors (Lipinski definition) is 1. The smallest absolute Gasteiger partial charge is 0.260 e.